The van der Waals surface area contributed by atoms with Crippen LogP contribution in [0.15, 0.2) is 81.4 Å². The first kappa shape index (κ1) is 55.6. The summed E-state index contributed by atoms with van der Waals surface area (Å²) in [7, 11) is 1.03. The average Bonchev–Trinajstić information content (AvgIpc) is 3.11. The summed E-state index contributed by atoms with van der Waals surface area (Å²) in [6.45, 7) is -0.181. The fraction of sp³-hybridized carbons (Fsp3) is 0.212. The summed E-state index contributed by atoms with van der Waals surface area (Å²) in [4.78, 5) is 64.2. The molecule has 1 amide bonds. The molecule has 4 aromatic rings. The van der Waals surface area contributed by atoms with E-state index >= 15 is 0 Å². The van der Waals surface area contributed by atoms with Crippen LogP contribution >= 0.6 is 46.8 Å². The number of methoxy groups -OCH3 is 1. The summed E-state index contributed by atoms with van der Waals surface area (Å²) in [5, 5.41) is 24.0. The zero-order chi connectivity index (χ0) is 39.9. The van der Waals surface area contributed by atoms with Crippen LogP contribution in [0.3, 0.4) is 0 Å². The summed E-state index contributed by atoms with van der Waals surface area (Å²) < 4.78 is 33.4. The van der Waals surface area contributed by atoms with Gasteiger partial charge in [0.15, 0.2) is 15.6 Å². The molecule has 0 aliphatic carbocycles. The molecule has 0 spiro atoms. The van der Waals surface area contributed by atoms with Crippen LogP contribution in [0.5, 0.6) is 5.75 Å². The van der Waals surface area contributed by atoms with E-state index in [4.69, 9.17) is 53.9 Å². The van der Waals surface area contributed by atoms with Gasteiger partial charge in [0, 0.05) is 24.6 Å². The van der Waals surface area contributed by atoms with Crippen LogP contribution in [0.4, 0.5) is 0 Å². The van der Waals surface area contributed by atoms with Crippen LogP contribution in [-0.4, -0.2) is 73.4 Å². The zero-order valence-corrected chi connectivity index (χ0v) is 37.8. The van der Waals surface area contributed by atoms with Crippen molar-refractivity contribution in [1.29, 1.82) is 0 Å². The van der Waals surface area contributed by atoms with Crippen LogP contribution in [0.25, 0.3) is 11.1 Å². The number of sulfone groups is 1. The molecule has 0 aliphatic rings. The van der Waals surface area contributed by atoms with Gasteiger partial charge >= 0.3 is 65.1 Å². The Morgan fingerprint density at radius 3 is 2.07 bits per heavy atom. The second-order valence-corrected chi connectivity index (χ2v) is 14.1. The SMILES string of the molecule is C.COOSc1ccc(C(=O)N[C@@H](Cc2ccc(-c3c(OC)cnn(C)c3=O)cc2)C(=O)O)c(Cl)c1.CS(=O)(=O)c1ccc(C(=O)Cl)c(Cl)c1.O=CO[O-].[H-].[Na+].[Na+]. The van der Waals surface area contributed by atoms with Gasteiger partial charge in [-0.05, 0) is 59.1 Å². The number of rotatable bonds is 13. The normalized spacial score (nSPS) is 10.5. The largest absolute Gasteiger partial charge is 1.00 e. The number of nitrogens with one attached hydrogen (secondary N) is 1. The van der Waals surface area contributed by atoms with E-state index in [0.29, 0.717) is 27.3 Å². The number of carbonyl (C=O) groups is 4. The van der Waals surface area contributed by atoms with E-state index in [1.807, 2.05) is 0 Å². The van der Waals surface area contributed by atoms with Crippen molar-refractivity contribution in [2.75, 3.05) is 20.5 Å². The smallest absolute Gasteiger partial charge is 1.00 e. The monoisotopic (exact) mass is 895 g/mol. The minimum Gasteiger partial charge on any atom is -1.00 e. The molecule has 294 valence electrons. The molecule has 0 saturated carbocycles. The minimum atomic E-state index is -3.31. The van der Waals surface area contributed by atoms with Crippen molar-refractivity contribution in [3.63, 3.8) is 0 Å². The van der Waals surface area contributed by atoms with E-state index in [9.17, 15) is 32.7 Å². The van der Waals surface area contributed by atoms with Crippen LogP contribution in [0.2, 0.25) is 10.0 Å². The van der Waals surface area contributed by atoms with Gasteiger partial charge < -0.3 is 26.7 Å². The molecule has 56 heavy (non-hydrogen) atoms. The first-order valence-electron chi connectivity index (χ1n) is 14.3. The predicted octanol–water partition coefficient (Wildman–Crippen LogP) is -1.57. The number of carbonyl (C=O) groups excluding carboxylic acids is 3. The van der Waals surface area contributed by atoms with Gasteiger partial charge in [0.1, 0.15) is 6.04 Å². The summed E-state index contributed by atoms with van der Waals surface area (Å²) in [6, 6.07) is 13.9. The number of halogens is 3. The molecule has 4 rings (SSSR count). The Kier molecular flexibility index (Phi) is 27.0. The van der Waals surface area contributed by atoms with Gasteiger partial charge in [0.25, 0.3) is 23.2 Å². The average molecular weight is 897 g/mol. The number of aromatic nitrogens is 2. The maximum atomic E-state index is 12.7. The summed E-state index contributed by atoms with van der Waals surface area (Å²) in [5.74, 6) is -1.51. The topological polar surface area (TPSA) is 230 Å². The number of nitrogens with zero attached hydrogens (tertiary/aromatic N) is 2. The van der Waals surface area contributed by atoms with Gasteiger partial charge in [-0.1, -0.05) is 54.9 Å². The van der Waals surface area contributed by atoms with E-state index in [0.717, 1.165) is 18.3 Å². The van der Waals surface area contributed by atoms with Crippen molar-refractivity contribution in [2.45, 2.75) is 29.7 Å². The van der Waals surface area contributed by atoms with Crippen molar-refractivity contribution >= 4 is 80.3 Å². The molecule has 0 unspecified atom stereocenters. The Bertz CT molecular complexity index is 2120. The van der Waals surface area contributed by atoms with Crippen LogP contribution in [0, 0.1) is 0 Å². The van der Waals surface area contributed by atoms with E-state index < -0.39 is 33.0 Å². The summed E-state index contributed by atoms with van der Waals surface area (Å²) in [5.41, 5.74) is 1.46. The predicted molar refractivity (Wildman–Crippen MR) is 199 cm³/mol. The molecular weight excluding hydrogens is 863 g/mol. The Hall–Kier alpha value is -2.53. The van der Waals surface area contributed by atoms with Gasteiger partial charge in [0.2, 0.25) is 0 Å². The molecule has 0 radical (unpaired) electrons. The molecular formula is C33H34Cl3N3Na2O13S2. The van der Waals surface area contributed by atoms with Crippen molar-refractivity contribution < 1.29 is 117 Å². The fourth-order valence-corrected chi connectivity index (χ4v) is 6.07. The van der Waals surface area contributed by atoms with Crippen molar-refractivity contribution in [2.24, 2.45) is 7.05 Å². The second kappa shape index (κ2) is 27.2. The maximum Gasteiger partial charge on any atom is 1.00 e. The van der Waals surface area contributed by atoms with E-state index in [1.165, 1.54) is 62.5 Å². The van der Waals surface area contributed by atoms with E-state index in [2.05, 4.69) is 20.2 Å². The Morgan fingerprint density at radius 1 is 1.04 bits per heavy atom. The van der Waals surface area contributed by atoms with E-state index in [1.54, 1.807) is 30.3 Å². The number of benzene rings is 3. The van der Waals surface area contributed by atoms with Crippen molar-refractivity contribution in [3.05, 3.63) is 104 Å². The number of carboxylic acid groups (broad SMARTS) is 1. The van der Waals surface area contributed by atoms with Gasteiger partial charge in [-0.3, -0.25) is 19.2 Å². The molecule has 0 bridgehead atoms. The summed E-state index contributed by atoms with van der Waals surface area (Å²) in [6.07, 6.45) is 2.52. The molecule has 2 N–H and O–H groups in total. The minimum absolute atomic E-state index is 0. The number of aliphatic carboxylic acids is 1. The molecule has 0 fully saturated rings. The van der Waals surface area contributed by atoms with Crippen molar-refractivity contribution in [1.82, 2.24) is 15.1 Å². The first-order valence-corrected chi connectivity index (χ1v) is 18.1. The van der Waals surface area contributed by atoms with Gasteiger partial charge in [-0.15, -0.1) is 0 Å². The third-order valence-corrected chi connectivity index (χ3v) is 9.20. The maximum absolute atomic E-state index is 12.7. The molecule has 1 heterocycles. The van der Waals surface area contributed by atoms with Crippen LogP contribution in [-0.2, 0) is 47.0 Å². The second-order valence-electron chi connectivity index (χ2n) is 10.1. The standard InChI is InChI=1S/C23H22ClN3O7S.C8H6Cl2O3S.CH2O3.CH4.2Na.H/c1-27-22(29)20(19(32-2)12-25-27)14-6-4-13(5-7-14)10-18(23(30)31)26-21(28)16-9-8-15(11-17(16)24)35-34-33-3;1-14(12,13)5-2-3-6(8(10)11)7(9)4-5;2-1-4-3;;;;/h4-9,11-12,18H,10H2,1-3H3,(H,26,28)(H,30,31);2-4H,1H3;1,3H;1H4;;;/q;;;;2*+1;-1/p-1/t18-;;;;;;/m0....../s1. The Labute approximate surface area is 387 Å². The fourth-order valence-electron chi connectivity index (χ4n) is 4.11. The number of hydrogen-bond acceptors (Lipinski definition) is 14. The van der Waals surface area contributed by atoms with E-state index in [-0.39, 0.29) is 112 Å². The number of amides is 1. The number of ether oxygens (including phenoxy) is 1. The van der Waals surface area contributed by atoms with Gasteiger partial charge in [0.05, 0.1) is 64.1 Å². The van der Waals surface area contributed by atoms with Crippen LogP contribution in [0.1, 0.15) is 35.1 Å². The third kappa shape index (κ3) is 17.1. The molecule has 1 atom stereocenters. The van der Waals surface area contributed by atoms with Gasteiger partial charge in [-0.2, -0.15) is 9.43 Å². The Morgan fingerprint density at radius 2 is 1.61 bits per heavy atom. The third-order valence-electron chi connectivity index (χ3n) is 6.61. The van der Waals surface area contributed by atoms with Crippen LogP contribution < -0.4 is 80.0 Å². The van der Waals surface area contributed by atoms with Gasteiger partial charge in [-0.25, -0.2) is 22.8 Å². The first-order chi connectivity index (χ1) is 25.0. The molecule has 1 aromatic heterocycles. The molecule has 23 heteroatoms. The molecule has 0 aliphatic heterocycles. The number of hydrogen-bond donors (Lipinski definition) is 2. The quantitative estimate of drug-likeness (QED) is 0.0386. The number of carboxylic acids is 1. The zero-order valence-electron chi connectivity index (χ0n) is 30.9. The Balaban J connectivity index is -0.00000111. The molecule has 16 nitrogen and oxygen atoms in total. The number of aryl methyl sites for hydroxylation is 1. The van der Waals surface area contributed by atoms with Crippen molar-refractivity contribution in [3.8, 4) is 16.9 Å². The molecule has 0 saturated heterocycles. The molecule has 3 aromatic carbocycles. The summed E-state index contributed by atoms with van der Waals surface area (Å²) >= 11 is 18.0.